The second-order valence-corrected chi connectivity index (χ2v) is 6.94. The van der Waals surface area contributed by atoms with E-state index in [1.54, 1.807) is 6.92 Å². The number of rotatable bonds is 5. The van der Waals surface area contributed by atoms with Crippen molar-refractivity contribution in [3.8, 4) is 0 Å². The van der Waals surface area contributed by atoms with Gasteiger partial charge >= 0.3 is 5.97 Å². The van der Waals surface area contributed by atoms with Crippen molar-refractivity contribution in [2.75, 3.05) is 13.2 Å². The maximum Gasteiger partial charge on any atom is 0.346 e. The third-order valence-corrected chi connectivity index (χ3v) is 5.38. The molecule has 1 heterocycles. The summed E-state index contributed by atoms with van der Waals surface area (Å²) in [5, 5.41) is 20.6. The Morgan fingerprint density at radius 2 is 2.09 bits per heavy atom. The number of hydrogen-bond donors (Lipinski definition) is 3. The van der Waals surface area contributed by atoms with E-state index in [0.29, 0.717) is 31.2 Å². The topological polar surface area (TPSA) is 86.6 Å². The first-order valence-electron chi connectivity index (χ1n) is 7.26. The lowest BCUT2D eigenvalue weighted by Gasteiger charge is -2.33. The van der Waals surface area contributed by atoms with Gasteiger partial charge in [-0.1, -0.05) is 0 Å². The Hall–Kier alpha value is -1.47. The number of carboxylic acid groups (broad SMARTS) is 1. The number of thiophene rings is 1. The minimum atomic E-state index is -1.44. The number of aromatic carboxylic acids is 1. The summed E-state index contributed by atoms with van der Waals surface area (Å²) in [5.74, 6) is -1.36. The Bertz CT molecular complexity index is 564. The number of amides is 1. The Kier molecular flexibility index (Phi) is 5.18. The third kappa shape index (κ3) is 3.84. The van der Waals surface area contributed by atoms with Crippen molar-refractivity contribution in [1.29, 1.82) is 0 Å². The maximum absolute atomic E-state index is 14.6. The van der Waals surface area contributed by atoms with Crippen LogP contribution in [-0.2, 0) is 0 Å². The Morgan fingerprint density at radius 1 is 1.45 bits per heavy atom. The van der Waals surface area contributed by atoms with Gasteiger partial charge in [-0.3, -0.25) is 4.79 Å². The summed E-state index contributed by atoms with van der Waals surface area (Å²) in [4.78, 5) is 23.4. The highest BCUT2D eigenvalue weighted by Crippen LogP contribution is 2.34. The van der Waals surface area contributed by atoms with E-state index < -0.39 is 17.5 Å². The predicted molar refractivity (Wildman–Crippen MR) is 81.2 cm³/mol. The number of carboxylic acids is 1. The fourth-order valence-electron chi connectivity index (χ4n) is 2.69. The monoisotopic (exact) mass is 329 g/mol. The van der Waals surface area contributed by atoms with Crippen molar-refractivity contribution in [1.82, 2.24) is 5.32 Å². The molecule has 0 bridgehead atoms. The third-order valence-electron chi connectivity index (χ3n) is 4.16. The number of carbonyl (C=O) groups is 2. The van der Waals surface area contributed by atoms with Gasteiger partial charge in [0.15, 0.2) is 0 Å². The molecule has 0 unspecified atom stereocenters. The first-order valence-corrected chi connectivity index (χ1v) is 8.08. The molecule has 122 valence electrons. The van der Waals surface area contributed by atoms with E-state index in [0.717, 1.165) is 11.3 Å². The average Bonchev–Trinajstić information content (AvgIpc) is 2.88. The summed E-state index contributed by atoms with van der Waals surface area (Å²) >= 11 is 0.898. The molecule has 1 aromatic heterocycles. The normalized spacial score (nSPS) is 25.0. The highest BCUT2D eigenvalue weighted by molar-refractivity contribution is 7.16. The lowest BCUT2D eigenvalue weighted by molar-refractivity contribution is 0.0594. The zero-order chi connectivity index (χ0) is 16.3. The molecule has 1 aromatic rings. The van der Waals surface area contributed by atoms with Crippen LogP contribution in [0.1, 0.15) is 50.6 Å². The fraction of sp³-hybridized carbons (Fsp3) is 0.600. The summed E-state index contributed by atoms with van der Waals surface area (Å²) in [6.45, 7) is 1.63. The lowest BCUT2D eigenvalue weighted by atomic mass is 9.80. The molecule has 3 N–H and O–H groups in total. The number of nitrogens with one attached hydrogen (secondary N) is 1. The first kappa shape index (κ1) is 16.9. The van der Waals surface area contributed by atoms with Crippen molar-refractivity contribution >= 4 is 23.2 Å². The van der Waals surface area contributed by atoms with Crippen LogP contribution in [0.25, 0.3) is 0 Å². The summed E-state index contributed by atoms with van der Waals surface area (Å²) in [7, 11) is 0. The van der Waals surface area contributed by atoms with Crippen LogP contribution in [0.2, 0.25) is 0 Å². The molecule has 1 aliphatic rings. The molecule has 7 heteroatoms. The number of alkyl halides is 1. The molecule has 0 aliphatic heterocycles. The van der Waals surface area contributed by atoms with Crippen molar-refractivity contribution < 1.29 is 24.2 Å². The molecule has 0 saturated heterocycles. The van der Waals surface area contributed by atoms with E-state index in [1.165, 1.54) is 6.07 Å². The van der Waals surface area contributed by atoms with Crippen molar-refractivity contribution in [3.05, 3.63) is 21.4 Å². The molecule has 1 amide bonds. The molecule has 1 fully saturated rings. The van der Waals surface area contributed by atoms with E-state index in [4.69, 9.17) is 10.2 Å². The van der Waals surface area contributed by atoms with Crippen molar-refractivity contribution in [3.63, 3.8) is 0 Å². The molecule has 1 aliphatic carbocycles. The van der Waals surface area contributed by atoms with Crippen LogP contribution in [0.4, 0.5) is 4.39 Å². The smallest absolute Gasteiger partial charge is 0.346 e. The van der Waals surface area contributed by atoms with Crippen molar-refractivity contribution in [2.45, 2.75) is 38.3 Å². The molecule has 5 nitrogen and oxygen atoms in total. The molecule has 0 radical (unpaired) electrons. The zero-order valence-electron chi connectivity index (χ0n) is 12.4. The maximum atomic E-state index is 14.6. The number of aliphatic hydroxyl groups is 1. The van der Waals surface area contributed by atoms with Gasteiger partial charge < -0.3 is 15.5 Å². The van der Waals surface area contributed by atoms with Crippen LogP contribution >= 0.6 is 11.3 Å². The largest absolute Gasteiger partial charge is 0.477 e. The number of hydrogen-bond acceptors (Lipinski definition) is 4. The van der Waals surface area contributed by atoms with Gasteiger partial charge in [-0.25, -0.2) is 9.18 Å². The molecular weight excluding hydrogens is 309 g/mol. The van der Waals surface area contributed by atoms with E-state index in [9.17, 15) is 14.0 Å². The minimum absolute atomic E-state index is 0.0783. The van der Waals surface area contributed by atoms with E-state index in [2.05, 4.69) is 5.32 Å². The van der Waals surface area contributed by atoms with Crippen molar-refractivity contribution in [2.24, 2.45) is 5.92 Å². The Morgan fingerprint density at radius 3 is 2.59 bits per heavy atom. The quantitative estimate of drug-likeness (QED) is 0.774. The van der Waals surface area contributed by atoms with Gasteiger partial charge in [-0.2, -0.15) is 0 Å². The molecule has 0 atom stereocenters. The Labute approximate surface area is 132 Å². The second kappa shape index (κ2) is 6.75. The molecule has 0 aromatic carbocycles. The SMILES string of the molecule is Cc1cc(C(=O)NCC2(F)CCC(CO)CC2)sc1C(=O)O. The van der Waals surface area contributed by atoms with Gasteiger partial charge in [-0.15, -0.1) is 11.3 Å². The summed E-state index contributed by atoms with van der Waals surface area (Å²) in [6, 6.07) is 1.51. The van der Waals surface area contributed by atoms with Gasteiger partial charge in [0.1, 0.15) is 10.5 Å². The second-order valence-electron chi connectivity index (χ2n) is 5.89. The number of aliphatic hydroxyl groups excluding tert-OH is 1. The van der Waals surface area contributed by atoms with E-state index in [1.807, 2.05) is 0 Å². The van der Waals surface area contributed by atoms with E-state index >= 15 is 0 Å². The highest BCUT2D eigenvalue weighted by atomic mass is 32.1. The van der Waals surface area contributed by atoms with Crippen LogP contribution in [0.5, 0.6) is 0 Å². The average molecular weight is 329 g/mol. The minimum Gasteiger partial charge on any atom is -0.477 e. The van der Waals surface area contributed by atoms with Gasteiger partial charge in [0.2, 0.25) is 0 Å². The molecular formula is C15H20FNO4S. The van der Waals surface area contributed by atoms with E-state index in [-0.39, 0.29) is 28.8 Å². The molecule has 1 saturated carbocycles. The summed E-state index contributed by atoms with van der Waals surface area (Å²) in [6.07, 6.45) is 1.87. The first-order chi connectivity index (χ1) is 10.3. The van der Waals surface area contributed by atoms with Gasteiger partial charge in [0.05, 0.1) is 11.4 Å². The molecule has 22 heavy (non-hydrogen) atoms. The van der Waals surface area contributed by atoms with Crippen LogP contribution in [0.15, 0.2) is 6.07 Å². The zero-order valence-corrected chi connectivity index (χ0v) is 13.2. The van der Waals surface area contributed by atoms with Crippen LogP contribution in [0.3, 0.4) is 0 Å². The molecule has 2 rings (SSSR count). The van der Waals surface area contributed by atoms with Gasteiger partial charge in [-0.05, 0) is 50.2 Å². The Balaban J connectivity index is 1.93. The van der Waals surface area contributed by atoms with Gasteiger partial charge in [0.25, 0.3) is 5.91 Å². The van der Waals surface area contributed by atoms with Gasteiger partial charge in [0, 0.05) is 6.61 Å². The summed E-state index contributed by atoms with van der Waals surface area (Å²) < 4.78 is 14.6. The lowest BCUT2D eigenvalue weighted by Crippen LogP contribution is -2.42. The molecule has 0 spiro atoms. The fourth-order valence-corrected chi connectivity index (χ4v) is 3.61. The van der Waals surface area contributed by atoms with Crippen LogP contribution in [0, 0.1) is 12.8 Å². The van der Waals surface area contributed by atoms with Crippen LogP contribution in [-0.4, -0.2) is 40.9 Å². The highest BCUT2D eigenvalue weighted by Gasteiger charge is 2.35. The predicted octanol–water partition coefficient (Wildman–Crippen LogP) is 2.38. The number of carbonyl (C=O) groups excluding carboxylic acids is 1. The number of halogens is 1. The number of aryl methyl sites for hydroxylation is 1. The van der Waals surface area contributed by atoms with Crippen LogP contribution < -0.4 is 5.32 Å². The summed E-state index contributed by atoms with van der Waals surface area (Å²) in [5.41, 5.74) is -0.912. The standard InChI is InChI=1S/C15H20FNO4S/c1-9-6-11(22-12(9)14(20)21)13(19)17-8-15(16)4-2-10(7-18)3-5-15/h6,10,18H,2-5,7-8H2,1H3,(H,17,19)(H,20,21).